The number of halogens is 2. The highest BCUT2D eigenvalue weighted by Gasteiger charge is 2.20. The minimum Gasteiger partial charge on any atom is -0.383 e. The highest BCUT2D eigenvalue weighted by molar-refractivity contribution is 7.89. The standard InChI is InChI=1S/C10H13Cl2NO3S/c1-7(6-16-2)13-17(14,15)10-5-8(11)3-4-9(10)12/h3-5,7,13H,6H2,1-2H3. The summed E-state index contributed by atoms with van der Waals surface area (Å²) in [7, 11) is -2.18. The van der Waals surface area contributed by atoms with E-state index < -0.39 is 10.0 Å². The Labute approximate surface area is 111 Å². The Morgan fingerprint density at radius 3 is 2.65 bits per heavy atom. The van der Waals surface area contributed by atoms with Gasteiger partial charge in [-0.2, -0.15) is 0 Å². The van der Waals surface area contributed by atoms with Gasteiger partial charge in [-0.1, -0.05) is 23.2 Å². The van der Waals surface area contributed by atoms with Crippen LogP contribution in [0.15, 0.2) is 23.1 Å². The number of methoxy groups -OCH3 is 1. The number of benzene rings is 1. The second kappa shape index (κ2) is 6.02. The van der Waals surface area contributed by atoms with Gasteiger partial charge in [0.25, 0.3) is 0 Å². The molecule has 96 valence electrons. The zero-order valence-corrected chi connectivity index (χ0v) is 11.7. The maximum Gasteiger partial charge on any atom is 0.242 e. The first-order valence-corrected chi connectivity index (χ1v) is 7.07. The summed E-state index contributed by atoms with van der Waals surface area (Å²) < 4.78 is 31.3. The smallest absolute Gasteiger partial charge is 0.242 e. The van der Waals surface area contributed by atoms with E-state index in [1.807, 2.05) is 0 Å². The van der Waals surface area contributed by atoms with Gasteiger partial charge < -0.3 is 4.74 Å². The Morgan fingerprint density at radius 1 is 1.41 bits per heavy atom. The van der Waals surface area contributed by atoms with Crippen LogP contribution in [0, 0.1) is 0 Å². The van der Waals surface area contributed by atoms with E-state index in [9.17, 15) is 8.42 Å². The maximum atomic E-state index is 12.0. The molecule has 0 saturated carbocycles. The summed E-state index contributed by atoms with van der Waals surface area (Å²) in [5.74, 6) is 0. The van der Waals surface area contributed by atoms with Crippen LogP contribution in [-0.4, -0.2) is 28.2 Å². The van der Waals surface area contributed by atoms with Crippen LogP contribution in [-0.2, 0) is 14.8 Å². The van der Waals surface area contributed by atoms with Gasteiger partial charge in [0.2, 0.25) is 10.0 Å². The van der Waals surface area contributed by atoms with E-state index in [4.69, 9.17) is 27.9 Å². The van der Waals surface area contributed by atoms with Crippen molar-refractivity contribution in [3.8, 4) is 0 Å². The molecule has 1 aromatic rings. The lowest BCUT2D eigenvalue weighted by molar-refractivity contribution is 0.180. The summed E-state index contributed by atoms with van der Waals surface area (Å²) in [5, 5.41) is 0.445. The van der Waals surface area contributed by atoms with Gasteiger partial charge in [-0.05, 0) is 25.1 Å². The van der Waals surface area contributed by atoms with Crippen molar-refractivity contribution < 1.29 is 13.2 Å². The van der Waals surface area contributed by atoms with E-state index in [2.05, 4.69) is 4.72 Å². The Morgan fingerprint density at radius 2 is 2.06 bits per heavy atom. The molecule has 0 heterocycles. The van der Waals surface area contributed by atoms with Crippen molar-refractivity contribution in [3.63, 3.8) is 0 Å². The van der Waals surface area contributed by atoms with Gasteiger partial charge in [0.05, 0.1) is 11.6 Å². The molecule has 1 N–H and O–H groups in total. The van der Waals surface area contributed by atoms with Crippen LogP contribution in [0.2, 0.25) is 10.0 Å². The fourth-order valence-corrected chi connectivity index (χ4v) is 3.29. The average Bonchev–Trinajstić information content (AvgIpc) is 2.21. The van der Waals surface area contributed by atoms with Crippen molar-refractivity contribution in [2.75, 3.05) is 13.7 Å². The molecule has 0 radical (unpaired) electrons. The lowest BCUT2D eigenvalue weighted by Gasteiger charge is -2.14. The van der Waals surface area contributed by atoms with Gasteiger partial charge in [0.15, 0.2) is 0 Å². The van der Waals surface area contributed by atoms with Crippen LogP contribution in [0.4, 0.5) is 0 Å². The summed E-state index contributed by atoms with van der Waals surface area (Å²) in [6.07, 6.45) is 0. The zero-order chi connectivity index (χ0) is 13.1. The first-order valence-electron chi connectivity index (χ1n) is 4.83. The lowest BCUT2D eigenvalue weighted by atomic mass is 10.4. The van der Waals surface area contributed by atoms with Crippen LogP contribution < -0.4 is 4.72 Å². The molecule has 1 unspecified atom stereocenters. The summed E-state index contributed by atoms with van der Waals surface area (Å²) in [6, 6.07) is 3.94. The van der Waals surface area contributed by atoms with Gasteiger partial charge in [-0.25, -0.2) is 13.1 Å². The molecule has 0 bridgehead atoms. The molecule has 17 heavy (non-hydrogen) atoms. The number of nitrogens with one attached hydrogen (secondary N) is 1. The molecule has 4 nitrogen and oxygen atoms in total. The molecule has 0 spiro atoms. The first kappa shape index (κ1) is 14.7. The van der Waals surface area contributed by atoms with Crippen molar-refractivity contribution in [1.82, 2.24) is 4.72 Å². The molecule has 7 heteroatoms. The number of rotatable bonds is 5. The van der Waals surface area contributed by atoms with Crippen molar-refractivity contribution >= 4 is 33.2 Å². The molecule has 1 rings (SSSR count). The summed E-state index contributed by atoms with van der Waals surface area (Å²) >= 11 is 11.6. The van der Waals surface area contributed by atoms with Crippen molar-refractivity contribution in [1.29, 1.82) is 0 Å². The lowest BCUT2D eigenvalue weighted by Crippen LogP contribution is -2.35. The maximum absolute atomic E-state index is 12.0. The van der Waals surface area contributed by atoms with Crippen LogP contribution in [0.5, 0.6) is 0 Å². The van der Waals surface area contributed by atoms with E-state index in [1.54, 1.807) is 6.92 Å². The summed E-state index contributed by atoms with van der Waals surface area (Å²) in [5.41, 5.74) is 0. The normalized spacial score (nSPS) is 13.6. The monoisotopic (exact) mass is 297 g/mol. The molecule has 0 amide bonds. The SMILES string of the molecule is COCC(C)NS(=O)(=O)c1cc(Cl)ccc1Cl. The molecule has 0 aliphatic carbocycles. The molecular weight excluding hydrogens is 285 g/mol. The predicted molar refractivity (Wildman–Crippen MR) is 68.1 cm³/mol. The molecule has 0 fully saturated rings. The first-order chi connectivity index (χ1) is 7.86. The van der Waals surface area contributed by atoms with Gasteiger partial charge >= 0.3 is 0 Å². The number of ether oxygens (including phenoxy) is 1. The third-order valence-electron chi connectivity index (χ3n) is 1.96. The number of sulfonamides is 1. The Balaban J connectivity index is 3.01. The van der Waals surface area contributed by atoms with Gasteiger partial charge in [0, 0.05) is 18.2 Å². The molecule has 0 aliphatic heterocycles. The highest BCUT2D eigenvalue weighted by Crippen LogP contribution is 2.24. The van der Waals surface area contributed by atoms with Gasteiger partial charge in [-0.15, -0.1) is 0 Å². The van der Waals surface area contributed by atoms with E-state index in [0.29, 0.717) is 5.02 Å². The average molecular weight is 298 g/mol. The fourth-order valence-electron chi connectivity index (χ4n) is 1.30. The Hall–Kier alpha value is -0.330. The second-order valence-electron chi connectivity index (χ2n) is 3.55. The van der Waals surface area contributed by atoms with Crippen molar-refractivity contribution in [2.45, 2.75) is 17.9 Å². The molecule has 1 atom stereocenters. The van der Waals surface area contributed by atoms with Crippen LogP contribution >= 0.6 is 23.2 Å². The van der Waals surface area contributed by atoms with Crippen LogP contribution in [0.3, 0.4) is 0 Å². The molecule has 0 aliphatic rings. The van der Waals surface area contributed by atoms with Gasteiger partial charge in [0.1, 0.15) is 4.90 Å². The molecule has 1 aromatic carbocycles. The molecule has 0 aromatic heterocycles. The summed E-state index contributed by atoms with van der Waals surface area (Å²) in [6.45, 7) is 1.97. The van der Waals surface area contributed by atoms with Crippen LogP contribution in [0.1, 0.15) is 6.92 Å². The Kier molecular flexibility index (Phi) is 5.22. The third kappa shape index (κ3) is 4.12. The van der Waals surface area contributed by atoms with E-state index in [1.165, 1.54) is 25.3 Å². The number of hydrogen-bond acceptors (Lipinski definition) is 3. The molecule has 0 saturated heterocycles. The Bertz CT molecular complexity index is 490. The van der Waals surface area contributed by atoms with E-state index in [0.717, 1.165) is 0 Å². The quantitative estimate of drug-likeness (QED) is 0.907. The largest absolute Gasteiger partial charge is 0.383 e. The van der Waals surface area contributed by atoms with Crippen molar-refractivity contribution in [2.24, 2.45) is 0 Å². The minimum absolute atomic E-state index is 0.0328. The zero-order valence-electron chi connectivity index (χ0n) is 9.41. The number of hydrogen-bond donors (Lipinski definition) is 1. The topological polar surface area (TPSA) is 55.4 Å². The van der Waals surface area contributed by atoms with Crippen molar-refractivity contribution in [3.05, 3.63) is 28.2 Å². The second-order valence-corrected chi connectivity index (χ2v) is 6.08. The van der Waals surface area contributed by atoms with E-state index >= 15 is 0 Å². The predicted octanol–water partition coefficient (Wildman–Crippen LogP) is 2.31. The summed E-state index contributed by atoms with van der Waals surface area (Å²) in [4.78, 5) is -0.0328. The van der Waals surface area contributed by atoms with Crippen LogP contribution in [0.25, 0.3) is 0 Å². The third-order valence-corrected chi connectivity index (χ3v) is 4.26. The fraction of sp³-hybridized carbons (Fsp3) is 0.400. The molecular formula is C10H13Cl2NO3S. The minimum atomic E-state index is -3.68. The van der Waals surface area contributed by atoms with Gasteiger partial charge in [-0.3, -0.25) is 0 Å². The highest BCUT2D eigenvalue weighted by atomic mass is 35.5. The van der Waals surface area contributed by atoms with E-state index in [-0.39, 0.29) is 22.6 Å².